The summed E-state index contributed by atoms with van der Waals surface area (Å²) >= 11 is 0. The lowest BCUT2D eigenvalue weighted by atomic mass is 9.90. The third-order valence-corrected chi connectivity index (χ3v) is 4.09. The number of nitrogens with one attached hydrogen (secondary N) is 2. The van der Waals surface area contributed by atoms with E-state index in [1.165, 1.54) is 6.07 Å². The maximum absolute atomic E-state index is 12.4. The highest BCUT2D eigenvalue weighted by Gasteiger charge is 2.29. The zero-order valence-corrected chi connectivity index (χ0v) is 13.2. The summed E-state index contributed by atoms with van der Waals surface area (Å²) in [5, 5.41) is 5.65. The molecule has 0 spiro atoms. The van der Waals surface area contributed by atoms with Gasteiger partial charge in [-0.15, -0.1) is 0 Å². The number of amides is 2. The molecule has 1 atom stereocenters. The van der Waals surface area contributed by atoms with Crippen molar-refractivity contribution in [1.29, 1.82) is 0 Å². The molecule has 0 bridgehead atoms. The number of fused-ring (bicyclic) bond motifs is 1. The first-order valence-electron chi connectivity index (χ1n) is 7.97. The first-order chi connectivity index (χ1) is 11.6. The molecule has 0 saturated carbocycles. The number of hydrogen-bond donors (Lipinski definition) is 2. The van der Waals surface area contributed by atoms with E-state index in [0.717, 1.165) is 5.56 Å². The zero-order chi connectivity index (χ0) is 16.9. The fourth-order valence-corrected chi connectivity index (χ4v) is 2.87. The van der Waals surface area contributed by atoms with Gasteiger partial charge in [0, 0.05) is 37.5 Å². The predicted molar refractivity (Wildman–Crippen MR) is 90.8 cm³/mol. The Morgan fingerprint density at radius 1 is 1.17 bits per heavy atom. The lowest BCUT2D eigenvalue weighted by Gasteiger charge is -2.24. The summed E-state index contributed by atoms with van der Waals surface area (Å²) in [5.41, 5.74) is 1.49. The maximum Gasteiger partial charge on any atom is 0.250 e. The molecule has 0 aliphatic carbocycles. The summed E-state index contributed by atoms with van der Waals surface area (Å²) < 4.78 is 1.61. The third-order valence-electron chi connectivity index (χ3n) is 4.09. The molecule has 124 valence electrons. The molecule has 2 aromatic rings. The van der Waals surface area contributed by atoms with Crippen molar-refractivity contribution in [3.8, 4) is 0 Å². The predicted octanol–water partition coefficient (Wildman–Crippen LogP) is 1.48. The molecule has 2 amide bonds. The molecule has 6 heteroatoms. The van der Waals surface area contributed by atoms with Gasteiger partial charge in [0.2, 0.25) is 17.4 Å². The van der Waals surface area contributed by atoms with Crippen molar-refractivity contribution < 1.29 is 9.59 Å². The number of carbonyl (C=O) groups excluding carboxylic acids is 2. The van der Waals surface area contributed by atoms with Crippen molar-refractivity contribution in [2.75, 3.05) is 11.9 Å². The number of pyridine rings is 1. The standard InChI is InChI=1S/C18H19N3O3/c22-16-12-14(13-6-1-2-7-15(13)20-16)18(24)19-9-5-11-21-10-4-3-8-17(21)23/h1-4,6-8,10,14H,5,9,11-12H2,(H,19,24)(H,20,22)/t14-/m1/s1. The van der Waals surface area contributed by atoms with Crippen molar-refractivity contribution in [2.45, 2.75) is 25.3 Å². The minimum Gasteiger partial charge on any atom is -0.355 e. The molecule has 0 saturated heterocycles. The second-order valence-electron chi connectivity index (χ2n) is 5.77. The number of para-hydroxylation sites is 1. The fraction of sp³-hybridized carbons (Fsp3) is 0.278. The van der Waals surface area contributed by atoms with Crippen LogP contribution in [0.25, 0.3) is 0 Å². The molecular weight excluding hydrogens is 306 g/mol. The average Bonchev–Trinajstić information content (AvgIpc) is 2.59. The minimum atomic E-state index is -0.464. The van der Waals surface area contributed by atoms with E-state index in [0.29, 0.717) is 25.2 Å². The summed E-state index contributed by atoms with van der Waals surface area (Å²) in [7, 11) is 0. The first-order valence-corrected chi connectivity index (χ1v) is 7.97. The summed E-state index contributed by atoms with van der Waals surface area (Å²) in [4.78, 5) is 35.8. The Hall–Kier alpha value is -2.89. The van der Waals surface area contributed by atoms with E-state index in [1.54, 1.807) is 29.0 Å². The number of nitrogens with zero attached hydrogens (tertiary/aromatic N) is 1. The number of carbonyl (C=O) groups is 2. The van der Waals surface area contributed by atoms with Crippen LogP contribution in [-0.2, 0) is 16.1 Å². The highest BCUT2D eigenvalue weighted by molar-refractivity contribution is 6.01. The van der Waals surface area contributed by atoms with Crippen LogP contribution in [0.3, 0.4) is 0 Å². The molecule has 1 aromatic carbocycles. The summed E-state index contributed by atoms with van der Waals surface area (Å²) in [6.07, 6.45) is 2.53. The molecule has 1 aliphatic rings. The van der Waals surface area contributed by atoms with Gasteiger partial charge < -0.3 is 15.2 Å². The highest BCUT2D eigenvalue weighted by atomic mass is 16.2. The molecule has 2 heterocycles. The number of aromatic nitrogens is 1. The Labute approximate surface area is 139 Å². The molecule has 2 N–H and O–H groups in total. The largest absolute Gasteiger partial charge is 0.355 e. The van der Waals surface area contributed by atoms with Gasteiger partial charge in [-0.05, 0) is 24.1 Å². The lowest BCUT2D eigenvalue weighted by molar-refractivity contribution is -0.126. The van der Waals surface area contributed by atoms with Crippen molar-refractivity contribution in [2.24, 2.45) is 0 Å². The maximum atomic E-state index is 12.4. The second-order valence-corrected chi connectivity index (χ2v) is 5.77. The van der Waals surface area contributed by atoms with Crippen LogP contribution < -0.4 is 16.2 Å². The Kier molecular flexibility index (Phi) is 4.74. The Morgan fingerprint density at radius 2 is 1.96 bits per heavy atom. The van der Waals surface area contributed by atoms with Gasteiger partial charge in [-0.3, -0.25) is 14.4 Å². The molecule has 1 aromatic heterocycles. The van der Waals surface area contributed by atoms with E-state index < -0.39 is 5.92 Å². The van der Waals surface area contributed by atoms with Gasteiger partial charge in [-0.1, -0.05) is 24.3 Å². The SMILES string of the molecule is O=C1C[C@@H](C(=O)NCCCn2ccccc2=O)c2ccccc2N1. The third kappa shape index (κ3) is 3.53. The quantitative estimate of drug-likeness (QED) is 0.817. The minimum absolute atomic E-state index is 0.0540. The van der Waals surface area contributed by atoms with Gasteiger partial charge >= 0.3 is 0 Å². The van der Waals surface area contributed by atoms with E-state index in [-0.39, 0.29) is 23.8 Å². The molecule has 0 fully saturated rings. The van der Waals surface area contributed by atoms with Gasteiger partial charge in [-0.25, -0.2) is 0 Å². The van der Waals surface area contributed by atoms with E-state index in [2.05, 4.69) is 10.6 Å². The van der Waals surface area contributed by atoms with E-state index in [9.17, 15) is 14.4 Å². The average molecular weight is 325 g/mol. The zero-order valence-electron chi connectivity index (χ0n) is 13.2. The summed E-state index contributed by atoms with van der Waals surface area (Å²) in [5.74, 6) is -0.767. The van der Waals surface area contributed by atoms with Crippen LogP contribution in [0.1, 0.15) is 24.3 Å². The number of hydrogen-bond acceptors (Lipinski definition) is 3. The highest BCUT2D eigenvalue weighted by Crippen LogP contribution is 2.31. The fourth-order valence-electron chi connectivity index (χ4n) is 2.87. The van der Waals surface area contributed by atoms with Crippen LogP contribution >= 0.6 is 0 Å². The first kappa shape index (κ1) is 16.0. The van der Waals surface area contributed by atoms with Crippen molar-refractivity contribution in [1.82, 2.24) is 9.88 Å². The molecule has 24 heavy (non-hydrogen) atoms. The van der Waals surface area contributed by atoms with Crippen LogP contribution in [-0.4, -0.2) is 22.9 Å². The van der Waals surface area contributed by atoms with Crippen molar-refractivity contribution >= 4 is 17.5 Å². The van der Waals surface area contributed by atoms with Gasteiger partial charge in [0.15, 0.2) is 0 Å². The summed E-state index contributed by atoms with van der Waals surface area (Å²) in [6.45, 7) is 1.00. The van der Waals surface area contributed by atoms with Gasteiger partial charge in [0.1, 0.15) is 0 Å². The van der Waals surface area contributed by atoms with E-state index in [4.69, 9.17) is 0 Å². The smallest absolute Gasteiger partial charge is 0.250 e. The van der Waals surface area contributed by atoms with Crippen LogP contribution in [0.15, 0.2) is 53.5 Å². The number of anilines is 1. The molecule has 0 unspecified atom stereocenters. The van der Waals surface area contributed by atoms with Gasteiger partial charge in [0.05, 0.1) is 5.92 Å². The van der Waals surface area contributed by atoms with Crippen molar-refractivity contribution in [3.05, 3.63) is 64.6 Å². The number of aryl methyl sites for hydroxylation is 1. The molecule has 1 aliphatic heterocycles. The second kappa shape index (κ2) is 7.12. The molecule has 0 radical (unpaired) electrons. The molecule has 6 nitrogen and oxygen atoms in total. The Morgan fingerprint density at radius 3 is 2.79 bits per heavy atom. The molecule has 3 rings (SSSR count). The van der Waals surface area contributed by atoms with Gasteiger partial charge in [0.25, 0.3) is 0 Å². The monoisotopic (exact) mass is 325 g/mol. The van der Waals surface area contributed by atoms with Crippen LogP contribution in [0.4, 0.5) is 5.69 Å². The Bertz CT molecular complexity index is 813. The number of rotatable bonds is 5. The van der Waals surface area contributed by atoms with Gasteiger partial charge in [-0.2, -0.15) is 0 Å². The van der Waals surface area contributed by atoms with E-state index >= 15 is 0 Å². The normalized spacial score (nSPS) is 16.2. The lowest BCUT2D eigenvalue weighted by Crippen LogP contribution is -2.35. The number of benzene rings is 1. The van der Waals surface area contributed by atoms with Crippen LogP contribution in [0.5, 0.6) is 0 Å². The van der Waals surface area contributed by atoms with Crippen LogP contribution in [0.2, 0.25) is 0 Å². The topological polar surface area (TPSA) is 80.2 Å². The Balaban J connectivity index is 1.57. The van der Waals surface area contributed by atoms with Crippen molar-refractivity contribution in [3.63, 3.8) is 0 Å². The molecular formula is C18H19N3O3. The summed E-state index contributed by atoms with van der Waals surface area (Å²) in [6, 6.07) is 12.4. The van der Waals surface area contributed by atoms with E-state index in [1.807, 2.05) is 18.2 Å². The van der Waals surface area contributed by atoms with Crippen LogP contribution in [0, 0.1) is 0 Å².